The standard InChI is InChI=1S/C32H36F4N4O4/c1-29(2,3)44-28(41)40-22-10-11-30(40,4)17-39(14-22)26-23-12-21(33)13-24(34)25(23)37-27(38-26)43-19-31(16-32(31,35)36)18-42-15-20-8-6-5-7-9-20/h5-9,12-13,22H,10-11,14-19H2,1-4H3/t22-,30+,31-/m1/s1. The van der Waals surface area contributed by atoms with Crippen LogP contribution in [0.15, 0.2) is 42.5 Å². The molecule has 0 unspecified atom stereocenters. The summed E-state index contributed by atoms with van der Waals surface area (Å²) < 4.78 is 75.8. The van der Waals surface area contributed by atoms with Crippen molar-refractivity contribution in [2.45, 2.75) is 76.7 Å². The maximum absolute atomic E-state index is 15.1. The number of alkyl halides is 2. The average molecular weight is 617 g/mol. The van der Waals surface area contributed by atoms with Gasteiger partial charge in [0.15, 0.2) is 5.82 Å². The Morgan fingerprint density at radius 1 is 1.09 bits per heavy atom. The second-order valence-electron chi connectivity index (χ2n) is 13.5. The first-order valence-corrected chi connectivity index (χ1v) is 14.8. The number of carbonyl (C=O) groups excluding carboxylic acids is 1. The zero-order valence-corrected chi connectivity index (χ0v) is 25.2. The Kier molecular flexibility index (Phi) is 7.41. The summed E-state index contributed by atoms with van der Waals surface area (Å²) in [7, 11) is 0. The third-order valence-corrected chi connectivity index (χ3v) is 8.67. The van der Waals surface area contributed by atoms with Crippen molar-refractivity contribution in [3.8, 4) is 6.01 Å². The molecule has 0 radical (unpaired) electrons. The Morgan fingerprint density at radius 2 is 1.82 bits per heavy atom. The van der Waals surface area contributed by atoms with Crippen LogP contribution in [-0.4, -0.2) is 70.4 Å². The van der Waals surface area contributed by atoms with E-state index in [0.29, 0.717) is 32.0 Å². The van der Waals surface area contributed by atoms with E-state index < -0.39 is 53.2 Å². The number of hydrogen-bond donors (Lipinski definition) is 0. The average Bonchev–Trinajstić information content (AvgIpc) is 3.40. The number of piperazine rings is 1. The van der Waals surface area contributed by atoms with Gasteiger partial charge in [-0.3, -0.25) is 4.90 Å². The molecule has 2 aliphatic heterocycles. The lowest BCUT2D eigenvalue weighted by Gasteiger charge is -2.47. The number of anilines is 1. The number of aromatic nitrogens is 2. The van der Waals surface area contributed by atoms with Crippen LogP contribution in [0.1, 0.15) is 52.5 Å². The monoisotopic (exact) mass is 616 g/mol. The normalized spacial score (nSPS) is 25.8. The van der Waals surface area contributed by atoms with E-state index in [0.717, 1.165) is 11.6 Å². The molecule has 1 amide bonds. The van der Waals surface area contributed by atoms with Crippen molar-refractivity contribution >= 4 is 22.8 Å². The number of nitrogens with zero attached hydrogens (tertiary/aromatic N) is 4. The number of benzene rings is 2. The van der Waals surface area contributed by atoms with Crippen LogP contribution in [-0.2, 0) is 16.1 Å². The number of hydrogen-bond acceptors (Lipinski definition) is 7. The Hall–Kier alpha value is -3.67. The minimum absolute atomic E-state index is 0.126. The molecular weight excluding hydrogens is 580 g/mol. The highest BCUT2D eigenvalue weighted by atomic mass is 19.3. The molecular formula is C32H36F4N4O4. The minimum Gasteiger partial charge on any atom is -0.462 e. The maximum atomic E-state index is 15.1. The summed E-state index contributed by atoms with van der Waals surface area (Å²) >= 11 is 0. The Labute approximate surface area is 253 Å². The molecule has 0 N–H and O–H groups in total. The van der Waals surface area contributed by atoms with Crippen LogP contribution in [0, 0.1) is 17.0 Å². The Morgan fingerprint density at radius 3 is 2.48 bits per heavy atom. The van der Waals surface area contributed by atoms with E-state index >= 15 is 4.39 Å². The first-order valence-electron chi connectivity index (χ1n) is 14.8. The van der Waals surface area contributed by atoms with Crippen LogP contribution in [0.5, 0.6) is 6.01 Å². The smallest absolute Gasteiger partial charge is 0.411 e. The molecule has 1 aliphatic carbocycles. The zero-order valence-electron chi connectivity index (χ0n) is 25.2. The highest BCUT2D eigenvalue weighted by Gasteiger charge is 2.72. The van der Waals surface area contributed by atoms with Gasteiger partial charge in [0.05, 0.1) is 30.2 Å². The molecule has 12 heteroatoms. The third kappa shape index (κ3) is 5.76. The van der Waals surface area contributed by atoms with E-state index in [1.165, 1.54) is 0 Å². The molecule has 1 saturated carbocycles. The first-order chi connectivity index (χ1) is 20.7. The third-order valence-electron chi connectivity index (χ3n) is 8.67. The first kappa shape index (κ1) is 30.4. The van der Waals surface area contributed by atoms with Gasteiger partial charge in [-0.1, -0.05) is 30.3 Å². The van der Waals surface area contributed by atoms with Gasteiger partial charge in [-0.2, -0.15) is 9.97 Å². The van der Waals surface area contributed by atoms with E-state index in [2.05, 4.69) is 9.97 Å². The summed E-state index contributed by atoms with van der Waals surface area (Å²) in [6.07, 6.45) is 0.563. The van der Waals surface area contributed by atoms with Gasteiger partial charge in [-0.15, -0.1) is 0 Å². The fraction of sp³-hybridized carbons (Fsp3) is 0.531. The molecule has 3 aliphatic rings. The van der Waals surface area contributed by atoms with Gasteiger partial charge < -0.3 is 19.1 Å². The van der Waals surface area contributed by atoms with E-state index in [-0.39, 0.29) is 42.0 Å². The summed E-state index contributed by atoms with van der Waals surface area (Å²) in [6, 6.07) is 10.6. The molecule has 2 saturated heterocycles. The van der Waals surface area contributed by atoms with E-state index in [1.54, 1.807) is 25.7 Å². The fourth-order valence-electron chi connectivity index (χ4n) is 6.37. The van der Waals surface area contributed by atoms with Gasteiger partial charge in [0.1, 0.15) is 29.4 Å². The second kappa shape index (κ2) is 10.7. The molecule has 6 rings (SSSR count). The van der Waals surface area contributed by atoms with Crippen molar-refractivity contribution in [3.05, 3.63) is 59.7 Å². The molecule has 2 bridgehead atoms. The molecule has 44 heavy (non-hydrogen) atoms. The van der Waals surface area contributed by atoms with E-state index in [1.807, 2.05) is 42.2 Å². The highest BCUT2D eigenvalue weighted by Crippen LogP contribution is 2.60. The van der Waals surface area contributed by atoms with Gasteiger partial charge >= 0.3 is 12.1 Å². The topological polar surface area (TPSA) is 77.0 Å². The lowest BCUT2D eigenvalue weighted by molar-refractivity contribution is -0.0174. The summed E-state index contributed by atoms with van der Waals surface area (Å²) in [4.78, 5) is 25.4. The van der Waals surface area contributed by atoms with Crippen molar-refractivity contribution in [1.82, 2.24) is 14.9 Å². The van der Waals surface area contributed by atoms with Gasteiger partial charge in [-0.25, -0.2) is 22.4 Å². The summed E-state index contributed by atoms with van der Waals surface area (Å²) in [5.41, 5.74) is -2.21. The van der Waals surface area contributed by atoms with Gasteiger partial charge in [0.2, 0.25) is 0 Å². The molecule has 3 aromatic rings. The maximum Gasteiger partial charge on any atom is 0.411 e. The largest absolute Gasteiger partial charge is 0.462 e. The number of fused-ring (bicyclic) bond motifs is 3. The van der Waals surface area contributed by atoms with Gasteiger partial charge in [0, 0.05) is 31.0 Å². The van der Waals surface area contributed by atoms with Crippen LogP contribution in [0.2, 0.25) is 0 Å². The van der Waals surface area contributed by atoms with Crippen LogP contribution in [0.3, 0.4) is 0 Å². The van der Waals surface area contributed by atoms with Crippen molar-refractivity contribution in [3.63, 3.8) is 0 Å². The fourth-order valence-corrected chi connectivity index (χ4v) is 6.37. The van der Waals surface area contributed by atoms with Crippen LogP contribution in [0.4, 0.5) is 28.2 Å². The predicted octanol–water partition coefficient (Wildman–Crippen LogP) is 6.51. The number of amides is 1. The summed E-state index contributed by atoms with van der Waals surface area (Å²) in [5.74, 6) is -4.53. The SMILES string of the molecule is CC(C)(C)OC(=O)N1[C@@H]2CC[C@@]1(C)CN(c1nc(OC[C@]3(COCc4ccccc4)CC3(F)F)nc3c(F)cc(F)cc13)C2. The second-order valence-corrected chi connectivity index (χ2v) is 13.5. The Balaban J connectivity index is 1.25. The number of ether oxygens (including phenoxy) is 3. The molecule has 3 heterocycles. The highest BCUT2D eigenvalue weighted by molar-refractivity contribution is 5.90. The van der Waals surface area contributed by atoms with E-state index in [4.69, 9.17) is 14.2 Å². The summed E-state index contributed by atoms with van der Waals surface area (Å²) in [5, 5.41) is 0.126. The number of rotatable bonds is 8. The van der Waals surface area contributed by atoms with Crippen LogP contribution in [0.25, 0.3) is 10.9 Å². The number of carbonyl (C=O) groups is 1. The molecule has 1 aromatic heterocycles. The Bertz CT molecular complexity index is 1570. The molecule has 3 fully saturated rings. The molecule has 3 atom stereocenters. The van der Waals surface area contributed by atoms with Crippen LogP contribution >= 0.6 is 0 Å². The lowest BCUT2D eigenvalue weighted by atomic mass is 9.97. The van der Waals surface area contributed by atoms with Crippen molar-refractivity contribution < 1.29 is 36.6 Å². The predicted molar refractivity (Wildman–Crippen MR) is 155 cm³/mol. The van der Waals surface area contributed by atoms with Gasteiger partial charge in [0.25, 0.3) is 5.92 Å². The summed E-state index contributed by atoms with van der Waals surface area (Å²) in [6.45, 7) is 7.47. The molecule has 0 spiro atoms. The van der Waals surface area contributed by atoms with Gasteiger partial charge in [-0.05, 0) is 52.2 Å². The minimum atomic E-state index is -3.01. The van der Waals surface area contributed by atoms with Crippen molar-refractivity contribution in [2.75, 3.05) is 31.2 Å². The molecule has 8 nitrogen and oxygen atoms in total. The quantitative estimate of drug-likeness (QED) is 0.267. The van der Waals surface area contributed by atoms with E-state index in [9.17, 15) is 18.0 Å². The number of halogens is 4. The van der Waals surface area contributed by atoms with Crippen LogP contribution < -0.4 is 9.64 Å². The molecule has 236 valence electrons. The van der Waals surface area contributed by atoms with Crippen molar-refractivity contribution in [2.24, 2.45) is 5.41 Å². The van der Waals surface area contributed by atoms with Crippen molar-refractivity contribution in [1.29, 1.82) is 0 Å². The molecule has 2 aromatic carbocycles. The lowest BCUT2D eigenvalue weighted by Crippen LogP contribution is -2.63. The zero-order chi connectivity index (χ0) is 31.5.